The van der Waals surface area contributed by atoms with E-state index in [1.807, 2.05) is 24.3 Å². The Labute approximate surface area is 156 Å². The molecule has 0 unspecified atom stereocenters. The molecule has 0 bridgehead atoms. The normalized spacial score (nSPS) is 20.8. The van der Waals surface area contributed by atoms with E-state index in [-0.39, 0.29) is 24.6 Å². The number of aliphatic imine (C=N–C) groups is 1. The standard InChI is InChI=1S/C20H18FNO3S/c21-18-7-13(14-3-4-19-20(8-14)24-6-5-23-19)1-2-15(18)11-25-17-9-16(10-17)22-12-26/h1-4,7-8,16-17H,5-6,9-11H2. The van der Waals surface area contributed by atoms with Gasteiger partial charge in [0.2, 0.25) is 0 Å². The molecule has 2 aliphatic rings. The van der Waals surface area contributed by atoms with Crippen molar-refractivity contribution < 1.29 is 18.6 Å². The summed E-state index contributed by atoms with van der Waals surface area (Å²) in [5, 5.41) is 2.39. The highest BCUT2D eigenvalue weighted by Crippen LogP contribution is 2.35. The summed E-state index contributed by atoms with van der Waals surface area (Å²) in [7, 11) is 0. The Morgan fingerprint density at radius 2 is 1.81 bits per heavy atom. The average molecular weight is 371 g/mol. The summed E-state index contributed by atoms with van der Waals surface area (Å²) in [4.78, 5) is 4.02. The van der Waals surface area contributed by atoms with Gasteiger partial charge in [-0.25, -0.2) is 9.38 Å². The Morgan fingerprint density at radius 3 is 2.58 bits per heavy atom. The van der Waals surface area contributed by atoms with Gasteiger partial charge in [-0.1, -0.05) is 18.2 Å². The third kappa shape index (κ3) is 3.63. The minimum absolute atomic E-state index is 0.115. The van der Waals surface area contributed by atoms with Gasteiger partial charge < -0.3 is 14.2 Å². The van der Waals surface area contributed by atoms with Crippen LogP contribution in [0, 0.1) is 5.82 Å². The molecule has 0 spiro atoms. The van der Waals surface area contributed by atoms with Crippen molar-refractivity contribution in [1.29, 1.82) is 0 Å². The first-order chi connectivity index (χ1) is 12.7. The first-order valence-electron chi connectivity index (χ1n) is 8.60. The number of rotatable bonds is 5. The largest absolute Gasteiger partial charge is 0.486 e. The van der Waals surface area contributed by atoms with Crippen molar-refractivity contribution in [2.45, 2.75) is 31.6 Å². The predicted molar refractivity (Wildman–Crippen MR) is 99.5 cm³/mol. The number of fused-ring (bicyclic) bond motifs is 1. The van der Waals surface area contributed by atoms with Crippen molar-refractivity contribution in [2.24, 2.45) is 4.99 Å². The lowest BCUT2D eigenvalue weighted by Gasteiger charge is -2.31. The molecule has 1 heterocycles. The second kappa shape index (κ2) is 7.54. The molecule has 4 nitrogen and oxygen atoms in total. The SMILES string of the molecule is Fc1cc(-c2ccc3c(c2)OCCO3)ccc1COC1CC(N=C=S)C1. The number of benzene rings is 2. The lowest BCUT2D eigenvalue weighted by Crippen LogP contribution is -2.34. The number of isothiocyanates is 1. The van der Waals surface area contributed by atoms with Crippen LogP contribution in [0.15, 0.2) is 41.4 Å². The smallest absolute Gasteiger partial charge is 0.161 e. The van der Waals surface area contributed by atoms with E-state index in [0.29, 0.717) is 24.5 Å². The summed E-state index contributed by atoms with van der Waals surface area (Å²) in [6.07, 6.45) is 1.75. The van der Waals surface area contributed by atoms with E-state index in [9.17, 15) is 4.39 Å². The van der Waals surface area contributed by atoms with Crippen LogP contribution in [0.25, 0.3) is 11.1 Å². The van der Waals surface area contributed by atoms with E-state index in [1.54, 1.807) is 6.07 Å². The van der Waals surface area contributed by atoms with E-state index < -0.39 is 0 Å². The monoisotopic (exact) mass is 371 g/mol. The molecule has 0 atom stereocenters. The maximum Gasteiger partial charge on any atom is 0.161 e. The van der Waals surface area contributed by atoms with E-state index in [0.717, 1.165) is 29.7 Å². The zero-order valence-electron chi connectivity index (χ0n) is 14.1. The predicted octanol–water partition coefficient (Wildman–Crippen LogP) is 4.41. The number of nitrogens with zero attached hydrogens (tertiary/aromatic N) is 1. The fraction of sp³-hybridized carbons (Fsp3) is 0.350. The molecule has 1 fully saturated rings. The van der Waals surface area contributed by atoms with E-state index in [1.165, 1.54) is 6.07 Å². The summed E-state index contributed by atoms with van der Waals surface area (Å²) in [6.45, 7) is 1.33. The molecule has 1 aliphatic heterocycles. The van der Waals surface area contributed by atoms with Crippen molar-refractivity contribution >= 4 is 17.4 Å². The minimum atomic E-state index is -0.273. The summed E-state index contributed by atoms with van der Waals surface area (Å²) in [5.41, 5.74) is 2.23. The summed E-state index contributed by atoms with van der Waals surface area (Å²) < 4.78 is 31.3. The topological polar surface area (TPSA) is 40.0 Å². The third-order valence-electron chi connectivity index (χ3n) is 4.71. The summed E-state index contributed by atoms with van der Waals surface area (Å²) in [6, 6.07) is 11.0. The lowest BCUT2D eigenvalue weighted by atomic mass is 9.90. The van der Waals surface area contributed by atoms with Gasteiger partial charge >= 0.3 is 0 Å². The number of hydrogen-bond acceptors (Lipinski definition) is 5. The Balaban J connectivity index is 1.42. The molecular weight excluding hydrogens is 353 g/mol. The second-order valence-corrected chi connectivity index (χ2v) is 6.63. The number of halogens is 1. The summed E-state index contributed by atoms with van der Waals surface area (Å²) >= 11 is 4.59. The fourth-order valence-corrected chi connectivity index (χ4v) is 3.28. The first kappa shape index (κ1) is 17.2. The Bertz CT molecular complexity index is 860. The quantitative estimate of drug-likeness (QED) is 0.576. The van der Waals surface area contributed by atoms with Gasteiger partial charge in [0, 0.05) is 5.56 Å². The van der Waals surface area contributed by atoms with Gasteiger partial charge in [0.25, 0.3) is 0 Å². The van der Waals surface area contributed by atoms with Crippen LogP contribution in [0.2, 0.25) is 0 Å². The van der Waals surface area contributed by atoms with Crippen LogP contribution >= 0.6 is 12.2 Å². The van der Waals surface area contributed by atoms with Crippen LogP contribution < -0.4 is 9.47 Å². The van der Waals surface area contributed by atoms with Crippen molar-refractivity contribution in [1.82, 2.24) is 0 Å². The van der Waals surface area contributed by atoms with Gasteiger partial charge in [-0.3, -0.25) is 0 Å². The highest BCUT2D eigenvalue weighted by atomic mass is 32.1. The molecule has 6 heteroatoms. The van der Waals surface area contributed by atoms with Crippen molar-refractivity contribution in [3.63, 3.8) is 0 Å². The van der Waals surface area contributed by atoms with Crippen LogP contribution in [0.3, 0.4) is 0 Å². The molecule has 4 rings (SSSR count). The number of thiocarbonyl (C=S) groups is 1. The molecule has 0 N–H and O–H groups in total. The molecule has 0 saturated heterocycles. The van der Waals surface area contributed by atoms with Gasteiger partial charge in [-0.2, -0.15) is 0 Å². The van der Waals surface area contributed by atoms with Crippen LogP contribution in [-0.2, 0) is 11.3 Å². The third-order valence-corrected chi connectivity index (χ3v) is 4.81. The lowest BCUT2D eigenvalue weighted by molar-refractivity contribution is -0.0192. The van der Waals surface area contributed by atoms with Crippen LogP contribution in [0.5, 0.6) is 11.5 Å². The molecule has 1 saturated carbocycles. The molecule has 2 aromatic carbocycles. The minimum Gasteiger partial charge on any atom is -0.486 e. The highest BCUT2D eigenvalue weighted by Gasteiger charge is 2.29. The zero-order valence-corrected chi connectivity index (χ0v) is 14.9. The first-order valence-corrected chi connectivity index (χ1v) is 9.01. The number of hydrogen-bond donors (Lipinski definition) is 0. The van der Waals surface area contributed by atoms with Crippen LogP contribution in [-0.4, -0.2) is 30.5 Å². The van der Waals surface area contributed by atoms with Gasteiger partial charge in [0.05, 0.1) is 23.9 Å². The van der Waals surface area contributed by atoms with Crippen LogP contribution in [0.1, 0.15) is 18.4 Å². The molecule has 2 aromatic rings. The van der Waals surface area contributed by atoms with E-state index in [4.69, 9.17) is 14.2 Å². The average Bonchev–Trinajstić information content (AvgIpc) is 2.64. The van der Waals surface area contributed by atoms with Gasteiger partial charge in [-0.05, 0) is 54.4 Å². The molecule has 134 valence electrons. The maximum atomic E-state index is 14.5. The second-order valence-electron chi connectivity index (χ2n) is 6.44. The van der Waals surface area contributed by atoms with Crippen molar-refractivity contribution in [3.05, 3.63) is 47.8 Å². The van der Waals surface area contributed by atoms with Gasteiger partial charge in [0.1, 0.15) is 19.0 Å². The molecule has 26 heavy (non-hydrogen) atoms. The molecule has 0 amide bonds. The molecule has 0 radical (unpaired) electrons. The van der Waals surface area contributed by atoms with E-state index in [2.05, 4.69) is 22.4 Å². The number of ether oxygens (including phenoxy) is 3. The van der Waals surface area contributed by atoms with E-state index >= 15 is 0 Å². The van der Waals surface area contributed by atoms with Crippen molar-refractivity contribution in [2.75, 3.05) is 13.2 Å². The fourth-order valence-electron chi connectivity index (χ4n) is 3.13. The van der Waals surface area contributed by atoms with Crippen LogP contribution in [0.4, 0.5) is 4.39 Å². The molecular formula is C20H18FNO3S. The molecule has 1 aliphatic carbocycles. The highest BCUT2D eigenvalue weighted by molar-refractivity contribution is 7.78. The Morgan fingerprint density at radius 1 is 1.08 bits per heavy atom. The molecule has 0 aromatic heterocycles. The zero-order chi connectivity index (χ0) is 17.9. The van der Waals surface area contributed by atoms with Crippen molar-refractivity contribution in [3.8, 4) is 22.6 Å². The van der Waals surface area contributed by atoms with Gasteiger partial charge in [-0.15, -0.1) is 0 Å². The maximum absolute atomic E-state index is 14.5. The summed E-state index contributed by atoms with van der Waals surface area (Å²) in [5.74, 6) is 1.15. The Hall–Kier alpha value is -2.27. The van der Waals surface area contributed by atoms with Gasteiger partial charge in [0.15, 0.2) is 11.5 Å². The Kier molecular flexibility index (Phi) is 4.98.